The molecule has 1 atom stereocenters. The first-order valence-corrected chi connectivity index (χ1v) is 8.37. The van der Waals surface area contributed by atoms with Gasteiger partial charge in [0.15, 0.2) is 0 Å². The maximum absolute atomic E-state index is 12.3. The Morgan fingerprint density at radius 2 is 1.73 bits per heavy atom. The second-order valence-electron chi connectivity index (χ2n) is 5.56. The number of nitrogens with one attached hydrogen (secondary N) is 2. The summed E-state index contributed by atoms with van der Waals surface area (Å²) in [6.07, 6.45) is 0.0149. The number of carboxylic acids is 1. The van der Waals surface area contributed by atoms with Gasteiger partial charge in [-0.3, -0.25) is 9.59 Å². The predicted molar refractivity (Wildman–Crippen MR) is 99.8 cm³/mol. The van der Waals surface area contributed by atoms with E-state index >= 15 is 0 Å². The van der Waals surface area contributed by atoms with E-state index in [1.165, 1.54) is 25.1 Å². The zero-order valence-electron chi connectivity index (χ0n) is 13.8. The number of carbonyl (C=O) groups is 3. The third-order valence-corrected chi connectivity index (χ3v) is 4.10. The van der Waals surface area contributed by atoms with Crippen molar-refractivity contribution in [3.8, 4) is 0 Å². The standard InChI is InChI=1S/C18H16Cl2N2O4/c1-10(23)21-14-6-3-11(4-7-14)17(24)22-16(18(25)26)8-12-2-5-13(19)9-15(12)20/h2-7,9,16H,8H2,1H3,(H,21,23)(H,22,24)(H,25,26)/t16-/m1/s1. The number of aliphatic carboxylic acids is 1. The van der Waals surface area contributed by atoms with Crippen molar-refractivity contribution < 1.29 is 19.5 Å². The predicted octanol–water partition coefficient (Wildman–Crippen LogP) is 3.38. The highest BCUT2D eigenvalue weighted by molar-refractivity contribution is 6.35. The lowest BCUT2D eigenvalue weighted by Gasteiger charge is -2.16. The molecule has 8 heteroatoms. The van der Waals surface area contributed by atoms with Crippen LogP contribution >= 0.6 is 23.2 Å². The molecule has 3 N–H and O–H groups in total. The van der Waals surface area contributed by atoms with E-state index < -0.39 is 17.9 Å². The summed E-state index contributed by atoms with van der Waals surface area (Å²) in [4.78, 5) is 34.8. The second-order valence-corrected chi connectivity index (χ2v) is 6.41. The van der Waals surface area contributed by atoms with Crippen LogP contribution in [0, 0.1) is 0 Å². The third kappa shape index (κ3) is 5.47. The zero-order chi connectivity index (χ0) is 19.3. The van der Waals surface area contributed by atoms with Gasteiger partial charge in [-0.1, -0.05) is 29.3 Å². The fourth-order valence-electron chi connectivity index (χ4n) is 2.26. The Balaban J connectivity index is 2.10. The molecule has 0 aromatic heterocycles. The average molecular weight is 395 g/mol. The van der Waals surface area contributed by atoms with Crippen LogP contribution in [-0.2, 0) is 16.0 Å². The molecule has 0 bridgehead atoms. The number of amides is 2. The normalized spacial score (nSPS) is 11.5. The van der Waals surface area contributed by atoms with Crippen LogP contribution in [0.15, 0.2) is 42.5 Å². The highest BCUT2D eigenvalue weighted by Gasteiger charge is 2.22. The molecule has 2 rings (SSSR count). The van der Waals surface area contributed by atoms with E-state index in [1.54, 1.807) is 24.3 Å². The Morgan fingerprint density at radius 1 is 1.08 bits per heavy atom. The summed E-state index contributed by atoms with van der Waals surface area (Å²) in [5, 5.41) is 15.2. The first-order valence-electron chi connectivity index (χ1n) is 7.61. The van der Waals surface area contributed by atoms with Crippen LogP contribution in [-0.4, -0.2) is 28.9 Å². The molecule has 0 spiro atoms. The molecule has 2 amide bonds. The van der Waals surface area contributed by atoms with E-state index in [0.29, 0.717) is 21.3 Å². The quantitative estimate of drug-likeness (QED) is 0.699. The lowest BCUT2D eigenvalue weighted by molar-refractivity contribution is -0.139. The van der Waals surface area contributed by atoms with Crippen molar-refractivity contribution in [1.82, 2.24) is 5.32 Å². The van der Waals surface area contributed by atoms with Crippen LogP contribution in [0.5, 0.6) is 0 Å². The largest absolute Gasteiger partial charge is 0.480 e. The SMILES string of the molecule is CC(=O)Nc1ccc(C(=O)N[C@H](Cc2ccc(Cl)cc2Cl)C(=O)O)cc1. The van der Waals surface area contributed by atoms with Crippen molar-refractivity contribution in [1.29, 1.82) is 0 Å². The van der Waals surface area contributed by atoms with E-state index in [2.05, 4.69) is 10.6 Å². The molecule has 26 heavy (non-hydrogen) atoms. The lowest BCUT2D eigenvalue weighted by atomic mass is 10.1. The molecule has 0 saturated carbocycles. The first-order chi connectivity index (χ1) is 12.3. The number of carboxylic acid groups (broad SMARTS) is 1. The zero-order valence-corrected chi connectivity index (χ0v) is 15.3. The maximum Gasteiger partial charge on any atom is 0.326 e. The molecule has 2 aromatic carbocycles. The van der Waals surface area contributed by atoms with Crippen LogP contribution in [0.4, 0.5) is 5.69 Å². The molecular formula is C18H16Cl2N2O4. The summed E-state index contributed by atoms with van der Waals surface area (Å²) >= 11 is 11.9. The van der Waals surface area contributed by atoms with Crippen molar-refractivity contribution in [3.63, 3.8) is 0 Å². The Bertz CT molecular complexity index is 838. The highest BCUT2D eigenvalue weighted by Crippen LogP contribution is 2.22. The van der Waals surface area contributed by atoms with Crippen LogP contribution in [0.1, 0.15) is 22.8 Å². The van der Waals surface area contributed by atoms with Gasteiger partial charge in [-0.25, -0.2) is 4.79 Å². The molecule has 136 valence electrons. The van der Waals surface area contributed by atoms with Gasteiger partial charge in [0.25, 0.3) is 5.91 Å². The minimum absolute atomic E-state index is 0.0149. The van der Waals surface area contributed by atoms with Gasteiger partial charge < -0.3 is 15.7 Å². The van der Waals surface area contributed by atoms with E-state index in [0.717, 1.165) is 0 Å². The molecule has 0 aliphatic heterocycles. The number of benzene rings is 2. The van der Waals surface area contributed by atoms with E-state index in [-0.39, 0.29) is 17.9 Å². The molecule has 0 radical (unpaired) electrons. The van der Waals surface area contributed by atoms with Gasteiger partial charge >= 0.3 is 5.97 Å². The summed E-state index contributed by atoms with van der Waals surface area (Å²) in [7, 11) is 0. The topological polar surface area (TPSA) is 95.5 Å². The minimum atomic E-state index is -1.18. The highest BCUT2D eigenvalue weighted by atomic mass is 35.5. The van der Waals surface area contributed by atoms with Crippen molar-refractivity contribution >= 4 is 46.7 Å². The maximum atomic E-state index is 12.3. The molecule has 6 nitrogen and oxygen atoms in total. The lowest BCUT2D eigenvalue weighted by Crippen LogP contribution is -2.42. The summed E-state index contributed by atoms with van der Waals surface area (Å²) in [5.74, 6) is -1.95. The summed E-state index contributed by atoms with van der Waals surface area (Å²) in [5.41, 5.74) is 1.37. The molecule has 0 unspecified atom stereocenters. The van der Waals surface area contributed by atoms with Crippen molar-refractivity contribution in [2.75, 3.05) is 5.32 Å². The Kier molecular flexibility index (Phi) is 6.60. The number of hydrogen-bond donors (Lipinski definition) is 3. The summed E-state index contributed by atoms with van der Waals surface area (Å²) in [6.45, 7) is 1.37. The van der Waals surface area contributed by atoms with Crippen LogP contribution in [0.3, 0.4) is 0 Å². The third-order valence-electron chi connectivity index (χ3n) is 3.51. The molecule has 0 fully saturated rings. The monoisotopic (exact) mass is 394 g/mol. The number of hydrogen-bond acceptors (Lipinski definition) is 3. The van der Waals surface area contributed by atoms with Crippen molar-refractivity contribution in [2.24, 2.45) is 0 Å². The van der Waals surface area contributed by atoms with Gasteiger partial charge in [-0.15, -0.1) is 0 Å². The minimum Gasteiger partial charge on any atom is -0.480 e. The molecule has 0 saturated heterocycles. The molecule has 0 heterocycles. The van der Waals surface area contributed by atoms with E-state index in [4.69, 9.17) is 23.2 Å². The molecular weight excluding hydrogens is 379 g/mol. The van der Waals surface area contributed by atoms with Gasteiger partial charge in [0.2, 0.25) is 5.91 Å². The van der Waals surface area contributed by atoms with Crippen LogP contribution in [0.25, 0.3) is 0 Å². The van der Waals surface area contributed by atoms with E-state index in [9.17, 15) is 19.5 Å². The van der Waals surface area contributed by atoms with E-state index in [1.807, 2.05) is 0 Å². The second kappa shape index (κ2) is 8.69. The fourth-order valence-corrected chi connectivity index (χ4v) is 2.74. The average Bonchev–Trinajstić information content (AvgIpc) is 2.56. The van der Waals surface area contributed by atoms with Gasteiger partial charge in [0.05, 0.1) is 0 Å². The smallest absolute Gasteiger partial charge is 0.326 e. The number of halogens is 2. The van der Waals surface area contributed by atoms with Gasteiger partial charge in [0.1, 0.15) is 6.04 Å². The Hall–Kier alpha value is -2.57. The van der Waals surface area contributed by atoms with Gasteiger partial charge in [-0.05, 0) is 42.0 Å². The Labute approximate surface area is 160 Å². The molecule has 2 aromatic rings. The van der Waals surface area contributed by atoms with Crippen LogP contribution < -0.4 is 10.6 Å². The van der Waals surface area contributed by atoms with Gasteiger partial charge in [-0.2, -0.15) is 0 Å². The first kappa shape index (κ1) is 19.8. The van der Waals surface area contributed by atoms with Crippen molar-refractivity contribution in [3.05, 3.63) is 63.6 Å². The molecule has 0 aliphatic carbocycles. The molecule has 0 aliphatic rings. The number of rotatable bonds is 6. The fraction of sp³-hybridized carbons (Fsp3) is 0.167. The Morgan fingerprint density at radius 3 is 2.27 bits per heavy atom. The van der Waals surface area contributed by atoms with Gasteiger partial charge in [0, 0.05) is 34.6 Å². The summed E-state index contributed by atoms with van der Waals surface area (Å²) < 4.78 is 0. The summed E-state index contributed by atoms with van der Waals surface area (Å²) in [6, 6.07) is 9.68. The number of carbonyl (C=O) groups excluding carboxylic acids is 2. The van der Waals surface area contributed by atoms with Crippen LogP contribution in [0.2, 0.25) is 10.0 Å². The van der Waals surface area contributed by atoms with Crippen molar-refractivity contribution in [2.45, 2.75) is 19.4 Å². The number of anilines is 1.